The van der Waals surface area contributed by atoms with Crippen LogP contribution in [-0.4, -0.2) is 28.2 Å². The molecule has 6 heterocycles. The minimum atomic E-state index is 0.853. The van der Waals surface area contributed by atoms with Crippen molar-refractivity contribution < 1.29 is 0 Å². The summed E-state index contributed by atoms with van der Waals surface area (Å²) in [6.07, 6.45) is 5.95. The summed E-state index contributed by atoms with van der Waals surface area (Å²) in [6, 6.07) is 66.7. The van der Waals surface area contributed by atoms with Crippen molar-refractivity contribution in [3.63, 3.8) is 0 Å². The van der Waals surface area contributed by atoms with Gasteiger partial charge in [0.05, 0.1) is 78.1 Å². The van der Waals surface area contributed by atoms with Crippen molar-refractivity contribution in [1.29, 1.82) is 0 Å². The molecule has 0 aliphatic carbocycles. The molecule has 6 nitrogen and oxygen atoms in total. The molecule has 0 saturated heterocycles. The smallest absolute Gasteiger partial charge is 0.0827 e. The average molecular weight is 1010 g/mol. The van der Waals surface area contributed by atoms with Crippen LogP contribution in [-0.2, 0) is 0 Å². The van der Waals surface area contributed by atoms with Crippen LogP contribution in [0.2, 0.25) is 0 Å². The van der Waals surface area contributed by atoms with Gasteiger partial charge in [0.15, 0.2) is 0 Å². The normalized spacial score (nSPS) is 12.1. The van der Waals surface area contributed by atoms with Crippen LogP contribution in [0.1, 0.15) is 44.5 Å². The van der Waals surface area contributed by atoms with E-state index in [9.17, 15) is 0 Å². The molecular weight excluding hydrogens is 949 g/mol. The van der Waals surface area contributed by atoms with Crippen LogP contribution in [0.3, 0.4) is 0 Å². The number of nitrogens with zero attached hydrogens (tertiary/aromatic N) is 6. The molecule has 0 N–H and O–H groups in total. The molecule has 0 saturated carbocycles. The quantitative estimate of drug-likeness (QED) is 0.167. The van der Waals surface area contributed by atoms with E-state index in [-0.39, 0.29) is 0 Å². The maximum atomic E-state index is 5.55. The number of hydrogen-bond donors (Lipinski definition) is 0. The molecule has 9 aromatic carbocycles. The molecule has 6 heteroatoms. The second kappa shape index (κ2) is 17.0. The van der Waals surface area contributed by atoms with E-state index < -0.39 is 0 Å². The Kier molecular flexibility index (Phi) is 9.99. The lowest BCUT2D eigenvalue weighted by atomic mass is 9.92. The summed E-state index contributed by atoms with van der Waals surface area (Å²) in [5, 5.41) is 9.60. The Morgan fingerprint density at radius 3 is 0.795 bits per heavy atom. The fraction of sp³-hybridized carbons (Fsp3) is 0.111. The van der Waals surface area contributed by atoms with Crippen LogP contribution in [0, 0.1) is 55.4 Å². The Hall–Kier alpha value is -9.52. The van der Waals surface area contributed by atoms with Crippen LogP contribution in [0.25, 0.3) is 132 Å². The molecule has 0 bridgehead atoms. The summed E-state index contributed by atoms with van der Waals surface area (Å²) < 4.78 is 10.3. The van der Waals surface area contributed by atoms with Gasteiger partial charge < -0.3 is 18.3 Å². The minimum Gasteiger partial charge on any atom is -0.306 e. The number of pyridine rings is 2. The van der Waals surface area contributed by atoms with E-state index in [1.165, 1.54) is 87.6 Å². The van der Waals surface area contributed by atoms with Gasteiger partial charge in [-0.25, -0.2) is 0 Å². The van der Waals surface area contributed by atoms with Gasteiger partial charge in [-0.15, -0.1) is 0 Å². The molecule has 0 amide bonds. The van der Waals surface area contributed by atoms with Crippen LogP contribution < -0.4 is 0 Å². The first-order chi connectivity index (χ1) is 38.0. The van der Waals surface area contributed by atoms with Crippen LogP contribution in [0.15, 0.2) is 195 Å². The van der Waals surface area contributed by atoms with E-state index >= 15 is 0 Å². The Morgan fingerprint density at radius 2 is 0.551 bits per heavy atom. The molecule has 6 aromatic heterocycles. The molecule has 0 aliphatic heterocycles. The standard InChI is InChI=1S/C72H56N6/c1-41-14-22-59-50(32-41)51-33-42(2)15-23-60(51)75(59)69-67(49-12-11-30-73-40-49)70(76-61-24-16-43(3)34-52(61)53-35-44(4)17-25-62(53)76)72(78-65-28-20-47(7)38-56(65)57-39-48(8)21-29-66(57)78)68(58-13-9-10-31-74-58)71(69)77-63-26-18-45(5)36-54(63)55-37-46(6)19-27-64(55)77/h9-40H,1-8H3. The van der Waals surface area contributed by atoms with Crippen molar-refractivity contribution in [2.45, 2.75) is 55.4 Å². The molecule has 0 spiro atoms. The zero-order chi connectivity index (χ0) is 52.8. The van der Waals surface area contributed by atoms with Gasteiger partial charge in [-0.3, -0.25) is 9.97 Å². The Labute approximate surface area is 452 Å². The van der Waals surface area contributed by atoms with E-state index in [1.54, 1.807) is 0 Å². The first-order valence-electron chi connectivity index (χ1n) is 27.1. The molecule has 15 aromatic rings. The minimum absolute atomic E-state index is 0.853. The highest BCUT2D eigenvalue weighted by atomic mass is 15.1. The molecule has 0 unspecified atom stereocenters. The summed E-state index contributed by atoms with van der Waals surface area (Å²) in [6.45, 7) is 17.7. The van der Waals surface area contributed by atoms with Crippen molar-refractivity contribution in [1.82, 2.24) is 28.2 Å². The van der Waals surface area contributed by atoms with Gasteiger partial charge in [0, 0.05) is 72.8 Å². The van der Waals surface area contributed by atoms with Gasteiger partial charge in [0.1, 0.15) is 0 Å². The maximum Gasteiger partial charge on any atom is 0.0827 e. The number of fused-ring (bicyclic) bond motifs is 12. The van der Waals surface area contributed by atoms with Gasteiger partial charge >= 0.3 is 0 Å². The predicted molar refractivity (Wildman–Crippen MR) is 328 cm³/mol. The maximum absolute atomic E-state index is 5.55. The molecule has 0 fully saturated rings. The van der Waals surface area contributed by atoms with Crippen molar-refractivity contribution in [2.75, 3.05) is 0 Å². The van der Waals surface area contributed by atoms with E-state index in [0.29, 0.717) is 0 Å². The van der Waals surface area contributed by atoms with Crippen LogP contribution in [0.4, 0.5) is 0 Å². The van der Waals surface area contributed by atoms with Crippen molar-refractivity contribution in [3.8, 4) is 45.1 Å². The topological polar surface area (TPSA) is 45.5 Å². The first-order valence-corrected chi connectivity index (χ1v) is 27.1. The van der Waals surface area contributed by atoms with Crippen molar-refractivity contribution >= 4 is 87.2 Å². The fourth-order valence-corrected chi connectivity index (χ4v) is 13.1. The fourth-order valence-electron chi connectivity index (χ4n) is 13.1. The third-order valence-electron chi connectivity index (χ3n) is 16.5. The predicted octanol–water partition coefficient (Wildman–Crippen LogP) is 18.7. The van der Waals surface area contributed by atoms with Gasteiger partial charge in [0.2, 0.25) is 0 Å². The van der Waals surface area contributed by atoms with Gasteiger partial charge in [-0.2, -0.15) is 0 Å². The first kappa shape index (κ1) is 45.8. The largest absolute Gasteiger partial charge is 0.306 e. The molecule has 0 radical (unpaired) electrons. The summed E-state index contributed by atoms with van der Waals surface area (Å²) in [5.41, 5.74) is 26.5. The molecule has 0 atom stereocenters. The highest BCUT2D eigenvalue weighted by molar-refractivity contribution is 6.19. The van der Waals surface area contributed by atoms with Crippen molar-refractivity contribution in [3.05, 3.63) is 239 Å². The highest BCUT2D eigenvalue weighted by Gasteiger charge is 2.36. The SMILES string of the molecule is Cc1ccc2c(c1)c1cc(C)ccc1n2-c1c(-c2cccnc2)c(-n2c3ccc(C)cc3c3cc(C)ccc32)c(-n2c3ccc(C)cc3c3cc(C)ccc32)c(-c2ccccn2)c1-n1c2ccc(C)cc2c2cc(C)ccc21. The number of aromatic nitrogens is 6. The van der Waals surface area contributed by atoms with Crippen molar-refractivity contribution in [2.24, 2.45) is 0 Å². The Balaban J connectivity index is 1.35. The second-order valence-corrected chi connectivity index (χ2v) is 22.1. The monoisotopic (exact) mass is 1000 g/mol. The summed E-state index contributed by atoms with van der Waals surface area (Å²) in [7, 11) is 0. The Bertz CT molecular complexity index is 4210. The number of aryl methyl sites for hydroxylation is 8. The molecule has 374 valence electrons. The third kappa shape index (κ3) is 6.69. The summed E-state index contributed by atoms with van der Waals surface area (Å²) >= 11 is 0. The Morgan fingerprint density at radius 1 is 0.269 bits per heavy atom. The zero-order valence-corrected chi connectivity index (χ0v) is 45.2. The van der Waals surface area contributed by atoms with E-state index in [1.807, 2.05) is 18.5 Å². The van der Waals surface area contributed by atoms with E-state index in [0.717, 1.165) is 89.3 Å². The third-order valence-corrected chi connectivity index (χ3v) is 16.5. The number of benzene rings is 9. The second-order valence-electron chi connectivity index (χ2n) is 22.1. The van der Waals surface area contributed by atoms with Crippen LogP contribution >= 0.6 is 0 Å². The molecule has 78 heavy (non-hydrogen) atoms. The lowest BCUT2D eigenvalue weighted by Gasteiger charge is -2.31. The molecule has 15 rings (SSSR count). The van der Waals surface area contributed by atoms with Gasteiger partial charge in [-0.1, -0.05) is 105 Å². The number of hydrogen-bond acceptors (Lipinski definition) is 2. The highest BCUT2D eigenvalue weighted by Crippen LogP contribution is 2.54. The summed E-state index contributed by atoms with van der Waals surface area (Å²) in [4.78, 5) is 10.6. The van der Waals surface area contributed by atoms with E-state index in [4.69, 9.17) is 9.97 Å². The lowest BCUT2D eigenvalue weighted by molar-refractivity contribution is 1.04. The van der Waals surface area contributed by atoms with Gasteiger partial charge in [-0.05, 0) is 171 Å². The lowest BCUT2D eigenvalue weighted by Crippen LogP contribution is -2.16. The number of rotatable bonds is 6. The average Bonchev–Trinajstić information content (AvgIpc) is 4.27. The van der Waals surface area contributed by atoms with E-state index in [2.05, 4.69) is 250 Å². The molecular formula is C72H56N6. The summed E-state index contributed by atoms with van der Waals surface area (Å²) in [5.74, 6) is 0. The van der Waals surface area contributed by atoms with Crippen LogP contribution in [0.5, 0.6) is 0 Å². The zero-order valence-electron chi connectivity index (χ0n) is 45.2. The molecule has 0 aliphatic rings. The van der Waals surface area contributed by atoms with Gasteiger partial charge in [0.25, 0.3) is 0 Å².